The van der Waals surface area contributed by atoms with Gasteiger partial charge in [-0.15, -0.1) is 0 Å². The number of nitrogens with two attached hydrogens (primary N) is 1. The van der Waals surface area contributed by atoms with Crippen LogP contribution in [0, 0.1) is 11.8 Å². The minimum absolute atomic E-state index is 0.131. The highest BCUT2D eigenvalue weighted by Gasteiger charge is 2.34. The van der Waals surface area contributed by atoms with Crippen LogP contribution in [0.3, 0.4) is 0 Å². The standard InChI is InChI=1S/C13H23N3O3/c1-19-12(17)10-5-11(8-16(7-10)13(14)18)15-6-9-3-2-4-9/h9-11,15H,2-8H2,1H3,(H2,14,18). The van der Waals surface area contributed by atoms with Crippen LogP contribution in [0.25, 0.3) is 0 Å². The third kappa shape index (κ3) is 3.59. The zero-order chi connectivity index (χ0) is 13.8. The number of hydrogen-bond donors (Lipinski definition) is 2. The van der Waals surface area contributed by atoms with Gasteiger partial charge in [-0.3, -0.25) is 4.79 Å². The quantitative estimate of drug-likeness (QED) is 0.720. The van der Waals surface area contributed by atoms with Crippen LogP contribution in [0.2, 0.25) is 0 Å². The monoisotopic (exact) mass is 269 g/mol. The van der Waals surface area contributed by atoms with Gasteiger partial charge >= 0.3 is 12.0 Å². The molecule has 1 aliphatic heterocycles. The van der Waals surface area contributed by atoms with E-state index in [9.17, 15) is 9.59 Å². The van der Waals surface area contributed by atoms with E-state index in [-0.39, 0.29) is 17.9 Å². The Labute approximate surface area is 113 Å². The molecular weight excluding hydrogens is 246 g/mol. The Balaban J connectivity index is 1.89. The SMILES string of the molecule is COC(=O)C1CC(NCC2CCC2)CN(C(N)=O)C1. The molecule has 2 amide bonds. The van der Waals surface area contributed by atoms with Crippen LogP contribution in [0.4, 0.5) is 4.79 Å². The Morgan fingerprint density at radius 2 is 2.11 bits per heavy atom. The molecule has 2 rings (SSSR count). The van der Waals surface area contributed by atoms with E-state index in [0.717, 1.165) is 12.5 Å². The summed E-state index contributed by atoms with van der Waals surface area (Å²) < 4.78 is 4.78. The summed E-state index contributed by atoms with van der Waals surface area (Å²) in [5.74, 6) is 0.215. The average Bonchev–Trinajstić information content (AvgIpc) is 2.35. The summed E-state index contributed by atoms with van der Waals surface area (Å²) in [6, 6.07) is -0.338. The number of nitrogens with zero attached hydrogens (tertiary/aromatic N) is 1. The van der Waals surface area contributed by atoms with E-state index in [4.69, 9.17) is 10.5 Å². The molecule has 0 spiro atoms. The van der Waals surface area contributed by atoms with Gasteiger partial charge in [0.05, 0.1) is 13.0 Å². The Hall–Kier alpha value is -1.30. The summed E-state index contributed by atoms with van der Waals surface area (Å²) in [7, 11) is 1.38. The van der Waals surface area contributed by atoms with Crippen LogP contribution in [0.5, 0.6) is 0 Å². The Kier molecular flexibility index (Phi) is 4.63. The molecule has 1 heterocycles. The number of nitrogens with one attached hydrogen (secondary N) is 1. The van der Waals surface area contributed by atoms with E-state index in [1.54, 1.807) is 0 Å². The van der Waals surface area contributed by atoms with Gasteiger partial charge in [0, 0.05) is 19.1 Å². The number of likely N-dealkylation sites (tertiary alicyclic amines) is 1. The first-order valence-electron chi connectivity index (χ1n) is 6.95. The number of methoxy groups -OCH3 is 1. The summed E-state index contributed by atoms with van der Waals surface area (Å²) in [5, 5.41) is 3.46. The highest BCUT2D eigenvalue weighted by molar-refractivity contribution is 5.76. The number of carbonyl (C=O) groups is 2. The number of urea groups is 1. The van der Waals surface area contributed by atoms with Gasteiger partial charge < -0.3 is 20.7 Å². The van der Waals surface area contributed by atoms with E-state index in [2.05, 4.69) is 5.32 Å². The molecule has 0 aromatic rings. The molecule has 0 radical (unpaired) electrons. The lowest BCUT2D eigenvalue weighted by molar-refractivity contribution is -0.147. The number of primary amides is 1. The number of piperidine rings is 1. The Morgan fingerprint density at radius 3 is 2.63 bits per heavy atom. The van der Waals surface area contributed by atoms with Crippen molar-refractivity contribution < 1.29 is 14.3 Å². The molecule has 108 valence electrons. The first-order chi connectivity index (χ1) is 9.10. The number of carbonyl (C=O) groups excluding carboxylic acids is 2. The molecule has 0 bridgehead atoms. The molecule has 1 saturated heterocycles. The Bertz CT molecular complexity index is 344. The zero-order valence-electron chi connectivity index (χ0n) is 11.4. The van der Waals surface area contributed by atoms with Crippen molar-refractivity contribution in [3.8, 4) is 0 Å². The molecule has 19 heavy (non-hydrogen) atoms. The molecule has 6 heteroatoms. The molecule has 0 aromatic heterocycles. The summed E-state index contributed by atoms with van der Waals surface area (Å²) >= 11 is 0. The van der Waals surface area contributed by atoms with Crippen molar-refractivity contribution in [2.45, 2.75) is 31.7 Å². The van der Waals surface area contributed by atoms with Crippen molar-refractivity contribution in [3.05, 3.63) is 0 Å². The Morgan fingerprint density at radius 1 is 1.37 bits per heavy atom. The largest absolute Gasteiger partial charge is 0.469 e. The lowest BCUT2D eigenvalue weighted by Gasteiger charge is -2.37. The summed E-state index contributed by atoms with van der Waals surface area (Å²) in [5.41, 5.74) is 5.33. The van der Waals surface area contributed by atoms with Crippen LogP contribution in [-0.4, -0.2) is 49.7 Å². The van der Waals surface area contributed by atoms with Crippen molar-refractivity contribution in [2.24, 2.45) is 17.6 Å². The minimum Gasteiger partial charge on any atom is -0.469 e. The molecular formula is C13H23N3O3. The van der Waals surface area contributed by atoms with Crippen molar-refractivity contribution in [1.82, 2.24) is 10.2 Å². The molecule has 2 aliphatic rings. The lowest BCUT2D eigenvalue weighted by atomic mass is 9.85. The number of hydrogen-bond acceptors (Lipinski definition) is 4. The summed E-state index contributed by atoms with van der Waals surface area (Å²) in [6.07, 6.45) is 4.58. The molecule has 2 atom stereocenters. The molecule has 2 fully saturated rings. The van der Waals surface area contributed by atoms with Crippen molar-refractivity contribution >= 4 is 12.0 Å². The number of esters is 1. The molecule has 1 saturated carbocycles. The van der Waals surface area contributed by atoms with E-state index < -0.39 is 6.03 Å². The fraction of sp³-hybridized carbons (Fsp3) is 0.846. The van der Waals surface area contributed by atoms with E-state index in [0.29, 0.717) is 19.5 Å². The van der Waals surface area contributed by atoms with Gasteiger partial charge in [-0.25, -0.2) is 4.79 Å². The molecule has 6 nitrogen and oxygen atoms in total. The summed E-state index contributed by atoms with van der Waals surface area (Å²) in [6.45, 7) is 1.91. The predicted octanol–water partition coefficient (Wildman–Crippen LogP) is 0.318. The van der Waals surface area contributed by atoms with Gasteiger partial charge in [-0.05, 0) is 31.7 Å². The smallest absolute Gasteiger partial charge is 0.314 e. The van der Waals surface area contributed by atoms with Gasteiger partial charge in [0.15, 0.2) is 0 Å². The molecule has 3 N–H and O–H groups in total. The van der Waals surface area contributed by atoms with Gasteiger partial charge in [-0.2, -0.15) is 0 Å². The first kappa shape index (κ1) is 14.1. The van der Waals surface area contributed by atoms with Gasteiger partial charge in [0.25, 0.3) is 0 Å². The second kappa shape index (κ2) is 6.23. The number of amides is 2. The van der Waals surface area contributed by atoms with Crippen molar-refractivity contribution in [2.75, 3.05) is 26.7 Å². The second-order valence-corrected chi connectivity index (χ2v) is 5.60. The maximum atomic E-state index is 11.7. The molecule has 2 unspecified atom stereocenters. The maximum Gasteiger partial charge on any atom is 0.314 e. The van der Waals surface area contributed by atoms with E-state index in [1.165, 1.54) is 31.3 Å². The second-order valence-electron chi connectivity index (χ2n) is 5.60. The topological polar surface area (TPSA) is 84.7 Å². The van der Waals surface area contributed by atoms with Crippen LogP contribution >= 0.6 is 0 Å². The highest BCUT2D eigenvalue weighted by atomic mass is 16.5. The van der Waals surface area contributed by atoms with Crippen LogP contribution < -0.4 is 11.1 Å². The molecule has 0 aromatic carbocycles. The summed E-state index contributed by atoms with van der Waals surface area (Å²) in [4.78, 5) is 24.5. The predicted molar refractivity (Wildman–Crippen MR) is 70.4 cm³/mol. The first-order valence-corrected chi connectivity index (χ1v) is 6.95. The van der Waals surface area contributed by atoms with E-state index in [1.807, 2.05) is 0 Å². The van der Waals surface area contributed by atoms with Crippen LogP contribution in [-0.2, 0) is 9.53 Å². The van der Waals surface area contributed by atoms with Crippen molar-refractivity contribution in [3.63, 3.8) is 0 Å². The number of rotatable bonds is 4. The van der Waals surface area contributed by atoms with Crippen LogP contribution in [0.15, 0.2) is 0 Å². The highest BCUT2D eigenvalue weighted by Crippen LogP contribution is 2.26. The van der Waals surface area contributed by atoms with Gasteiger partial charge in [-0.1, -0.05) is 6.42 Å². The average molecular weight is 269 g/mol. The van der Waals surface area contributed by atoms with E-state index >= 15 is 0 Å². The van der Waals surface area contributed by atoms with Crippen LogP contribution in [0.1, 0.15) is 25.7 Å². The van der Waals surface area contributed by atoms with Crippen molar-refractivity contribution in [1.29, 1.82) is 0 Å². The lowest BCUT2D eigenvalue weighted by Crippen LogP contribution is -2.55. The fourth-order valence-corrected chi connectivity index (χ4v) is 2.79. The third-order valence-electron chi connectivity index (χ3n) is 4.22. The minimum atomic E-state index is -0.468. The molecule has 1 aliphatic carbocycles. The normalized spacial score (nSPS) is 27.7. The zero-order valence-corrected chi connectivity index (χ0v) is 11.4. The maximum absolute atomic E-state index is 11.7. The van der Waals surface area contributed by atoms with Gasteiger partial charge in [0.2, 0.25) is 0 Å². The van der Waals surface area contributed by atoms with Gasteiger partial charge in [0.1, 0.15) is 0 Å². The number of ether oxygens (including phenoxy) is 1. The third-order valence-corrected chi connectivity index (χ3v) is 4.22. The fourth-order valence-electron chi connectivity index (χ4n) is 2.79.